The van der Waals surface area contributed by atoms with E-state index in [2.05, 4.69) is 4.98 Å². The van der Waals surface area contributed by atoms with Gasteiger partial charge >= 0.3 is 5.97 Å². The molecule has 0 fully saturated rings. The van der Waals surface area contributed by atoms with Crippen LogP contribution in [0.25, 0.3) is 0 Å². The molecular weight excluding hydrogens is 294 g/mol. The third kappa shape index (κ3) is 3.08. The van der Waals surface area contributed by atoms with Crippen LogP contribution in [0.5, 0.6) is 11.5 Å². The summed E-state index contributed by atoms with van der Waals surface area (Å²) in [6.45, 7) is 0.317. The summed E-state index contributed by atoms with van der Waals surface area (Å²) in [5.41, 5.74) is 1.14. The Morgan fingerprint density at radius 3 is 3.10 bits per heavy atom. The van der Waals surface area contributed by atoms with Crippen LogP contribution in [0, 0.1) is 0 Å². The van der Waals surface area contributed by atoms with Gasteiger partial charge in [-0.1, -0.05) is 11.6 Å². The summed E-state index contributed by atoms with van der Waals surface area (Å²) in [6.07, 6.45) is 3.35. The van der Waals surface area contributed by atoms with Gasteiger partial charge in [0.15, 0.2) is 0 Å². The van der Waals surface area contributed by atoms with Gasteiger partial charge in [-0.05, 0) is 29.8 Å². The molecule has 1 aromatic heterocycles. The second-order valence-corrected chi connectivity index (χ2v) is 5.16. The van der Waals surface area contributed by atoms with E-state index in [0.29, 0.717) is 23.8 Å². The SMILES string of the molecule is O=C(O)c1cncc(OCC2Cc3cc(Cl)ccc3O2)c1. The quantitative estimate of drug-likeness (QED) is 0.940. The Labute approximate surface area is 126 Å². The molecule has 1 unspecified atom stereocenters. The summed E-state index contributed by atoms with van der Waals surface area (Å²) in [6, 6.07) is 6.94. The molecule has 3 rings (SSSR count). The van der Waals surface area contributed by atoms with E-state index in [1.807, 2.05) is 12.1 Å². The molecule has 6 heteroatoms. The Kier molecular flexibility index (Phi) is 3.66. The predicted molar refractivity (Wildman–Crippen MR) is 76.3 cm³/mol. The molecule has 0 amide bonds. The van der Waals surface area contributed by atoms with Crippen molar-refractivity contribution in [1.29, 1.82) is 0 Å². The summed E-state index contributed by atoms with van der Waals surface area (Å²) < 4.78 is 11.3. The fraction of sp³-hybridized carbons (Fsp3) is 0.200. The molecule has 0 saturated carbocycles. The summed E-state index contributed by atoms with van der Waals surface area (Å²) in [5, 5.41) is 9.58. The predicted octanol–water partition coefficient (Wildman–Crippen LogP) is 2.82. The van der Waals surface area contributed by atoms with Crippen molar-refractivity contribution >= 4 is 17.6 Å². The number of carbonyl (C=O) groups is 1. The third-order valence-corrected chi connectivity index (χ3v) is 3.39. The minimum absolute atomic E-state index is 0.0925. The first-order chi connectivity index (χ1) is 10.1. The molecule has 5 nitrogen and oxygen atoms in total. The van der Waals surface area contributed by atoms with Crippen LogP contribution >= 0.6 is 11.6 Å². The number of hydrogen-bond acceptors (Lipinski definition) is 4. The number of ether oxygens (including phenoxy) is 2. The number of benzene rings is 1. The molecule has 2 aromatic rings. The van der Waals surface area contributed by atoms with Crippen molar-refractivity contribution in [1.82, 2.24) is 4.98 Å². The maximum atomic E-state index is 10.9. The van der Waals surface area contributed by atoms with Gasteiger partial charge in [0.05, 0.1) is 11.8 Å². The lowest BCUT2D eigenvalue weighted by molar-refractivity contribution is 0.0695. The van der Waals surface area contributed by atoms with E-state index in [1.165, 1.54) is 18.5 Å². The van der Waals surface area contributed by atoms with E-state index in [4.69, 9.17) is 26.2 Å². The Morgan fingerprint density at radius 1 is 1.43 bits per heavy atom. The zero-order chi connectivity index (χ0) is 14.8. The van der Waals surface area contributed by atoms with Crippen LogP contribution in [-0.2, 0) is 6.42 Å². The highest BCUT2D eigenvalue weighted by Gasteiger charge is 2.23. The molecule has 1 aromatic carbocycles. The largest absolute Gasteiger partial charge is 0.488 e. The summed E-state index contributed by atoms with van der Waals surface area (Å²) >= 11 is 5.94. The van der Waals surface area contributed by atoms with Crippen molar-refractivity contribution in [2.24, 2.45) is 0 Å². The summed E-state index contributed by atoms with van der Waals surface area (Å²) in [4.78, 5) is 14.7. The molecule has 1 atom stereocenters. The lowest BCUT2D eigenvalue weighted by Gasteiger charge is -2.12. The lowest BCUT2D eigenvalue weighted by Crippen LogP contribution is -2.22. The fourth-order valence-corrected chi connectivity index (χ4v) is 2.38. The first kappa shape index (κ1) is 13.7. The molecule has 1 aliphatic rings. The third-order valence-electron chi connectivity index (χ3n) is 3.16. The van der Waals surface area contributed by atoms with Crippen LogP contribution in [0.4, 0.5) is 0 Å². The summed E-state index contributed by atoms with van der Waals surface area (Å²) in [7, 11) is 0. The van der Waals surface area contributed by atoms with Crippen molar-refractivity contribution in [3.63, 3.8) is 0 Å². The van der Waals surface area contributed by atoms with Crippen LogP contribution in [0.15, 0.2) is 36.7 Å². The molecule has 0 saturated heterocycles. The average Bonchev–Trinajstić information content (AvgIpc) is 2.87. The average molecular weight is 306 g/mol. The van der Waals surface area contributed by atoms with Gasteiger partial charge in [-0.3, -0.25) is 4.98 Å². The number of rotatable bonds is 4. The monoisotopic (exact) mass is 305 g/mol. The lowest BCUT2D eigenvalue weighted by atomic mass is 10.1. The minimum Gasteiger partial charge on any atom is -0.488 e. The molecule has 21 heavy (non-hydrogen) atoms. The van der Waals surface area contributed by atoms with Gasteiger partial charge in [0.2, 0.25) is 0 Å². The molecule has 1 N–H and O–H groups in total. The molecule has 0 aliphatic carbocycles. The number of aromatic nitrogens is 1. The Hall–Kier alpha value is -2.27. The van der Waals surface area contributed by atoms with E-state index in [-0.39, 0.29) is 11.7 Å². The first-order valence-corrected chi connectivity index (χ1v) is 6.76. The second-order valence-electron chi connectivity index (χ2n) is 4.72. The van der Waals surface area contributed by atoms with E-state index < -0.39 is 5.97 Å². The van der Waals surface area contributed by atoms with E-state index in [9.17, 15) is 4.79 Å². The molecular formula is C15H12ClNO4. The molecule has 0 spiro atoms. The number of halogens is 1. The van der Waals surface area contributed by atoms with Crippen LogP contribution < -0.4 is 9.47 Å². The van der Waals surface area contributed by atoms with Crippen molar-refractivity contribution in [3.05, 3.63) is 52.8 Å². The van der Waals surface area contributed by atoms with Crippen molar-refractivity contribution in [2.75, 3.05) is 6.61 Å². The van der Waals surface area contributed by atoms with Gasteiger partial charge in [-0.25, -0.2) is 4.79 Å². The number of aromatic carboxylic acids is 1. The molecule has 108 valence electrons. The number of hydrogen-bond donors (Lipinski definition) is 1. The van der Waals surface area contributed by atoms with Gasteiger partial charge in [-0.2, -0.15) is 0 Å². The zero-order valence-electron chi connectivity index (χ0n) is 11.0. The Morgan fingerprint density at radius 2 is 2.29 bits per heavy atom. The highest BCUT2D eigenvalue weighted by atomic mass is 35.5. The zero-order valence-corrected chi connectivity index (χ0v) is 11.7. The standard InChI is InChI=1S/C15H12ClNO4/c16-11-1-2-14-9(3-11)4-13(21-14)8-20-12-5-10(15(18)19)6-17-7-12/h1-3,5-7,13H,4,8H2,(H,18,19). The maximum absolute atomic E-state index is 10.9. The van der Waals surface area contributed by atoms with E-state index in [0.717, 1.165) is 11.3 Å². The Bertz CT molecular complexity index is 689. The van der Waals surface area contributed by atoms with Gasteiger partial charge < -0.3 is 14.6 Å². The smallest absolute Gasteiger partial charge is 0.337 e. The van der Waals surface area contributed by atoms with E-state index >= 15 is 0 Å². The van der Waals surface area contributed by atoms with Crippen LogP contribution in [0.1, 0.15) is 15.9 Å². The van der Waals surface area contributed by atoms with Crippen LogP contribution in [0.2, 0.25) is 5.02 Å². The van der Waals surface area contributed by atoms with Gasteiger partial charge in [0.1, 0.15) is 24.2 Å². The molecule has 0 bridgehead atoms. The number of pyridine rings is 1. The van der Waals surface area contributed by atoms with Gasteiger partial charge in [-0.15, -0.1) is 0 Å². The Balaban J connectivity index is 1.62. The van der Waals surface area contributed by atoms with Crippen molar-refractivity contribution in [2.45, 2.75) is 12.5 Å². The normalized spacial score (nSPS) is 16.1. The molecule has 2 heterocycles. The van der Waals surface area contributed by atoms with Crippen LogP contribution in [0.3, 0.4) is 0 Å². The topological polar surface area (TPSA) is 68.7 Å². The fourth-order valence-electron chi connectivity index (χ4n) is 2.19. The summed E-state index contributed by atoms with van der Waals surface area (Å²) in [5.74, 6) is 0.185. The second kappa shape index (κ2) is 5.61. The van der Waals surface area contributed by atoms with Gasteiger partial charge in [0.25, 0.3) is 0 Å². The van der Waals surface area contributed by atoms with Crippen molar-refractivity contribution < 1.29 is 19.4 Å². The van der Waals surface area contributed by atoms with E-state index in [1.54, 1.807) is 6.07 Å². The highest BCUT2D eigenvalue weighted by molar-refractivity contribution is 6.30. The highest BCUT2D eigenvalue weighted by Crippen LogP contribution is 2.31. The number of carboxylic acid groups (broad SMARTS) is 1. The first-order valence-electron chi connectivity index (χ1n) is 6.38. The van der Waals surface area contributed by atoms with Crippen LogP contribution in [-0.4, -0.2) is 28.8 Å². The van der Waals surface area contributed by atoms with Crippen molar-refractivity contribution in [3.8, 4) is 11.5 Å². The maximum Gasteiger partial charge on any atom is 0.337 e. The number of carboxylic acids is 1. The molecule has 1 aliphatic heterocycles. The minimum atomic E-state index is -1.04. The number of nitrogens with zero attached hydrogens (tertiary/aromatic N) is 1. The number of fused-ring (bicyclic) bond motifs is 1. The van der Waals surface area contributed by atoms with Gasteiger partial charge in [0, 0.05) is 17.6 Å². The molecule has 0 radical (unpaired) electrons.